The molecule has 0 aromatic heterocycles. The van der Waals surface area contributed by atoms with E-state index in [9.17, 15) is 19.5 Å². The summed E-state index contributed by atoms with van der Waals surface area (Å²) < 4.78 is 23.0. The monoisotopic (exact) mass is 1190 g/mol. The third-order valence-electron chi connectivity index (χ3n) is 15.9. The Morgan fingerprint density at radius 3 is 1.01 bits per heavy atom. The third-order valence-corrected chi connectivity index (χ3v) is 15.9. The van der Waals surface area contributed by atoms with Gasteiger partial charge in [-0.25, -0.2) is 4.79 Å². The maximum absolute atomic E-state index is 13.0. The summed E-state index contributed by atoms with van der Waals surface area (Å²) >= 11 is 0. The predicted octanol–water partition coefficient (Wildman–Crippen LogP) is 22.5. The molecule has 0 heterocycles. The average Bonchev–Trinajstić information content (AvgIpc) is 3.48. The number of carbonyl (C=O) groups is 3. The molecule has 0 aliphatic carbocycles. The number of allylic oxidation sites excluding steroid dienone is 12. The minimum absolute atomic E-state index is 0.181. The highest BCUT2D eigenvalue weighted by atomic mass is 16.7. The highest BCUT2D eigenvalue weighted by molar-refractivity contribution is 5.71. The van der Waals surface area contributed by atoms with Gasteiger partial charge in [-0.15, -0.1) is 0 Å². The molecule has 85 heavy (non-hydrogen) atoms. The van der Waals surface area contributed by atoms with E-state index in [-0.39, 0.29) is 32.2 Å². The Morgan fingerprint density at radius 1 is 0.365 bits per heavy atom. The molecule has 0 spiro atoms. The summed E-state index contributed by atoms with van der Waals surface area (Å²) in [5, 5.41) is 9.75. The van der Waals surface area contributed by atoms with E-state index in [1.54, 1.807) is 0 Å². The lowest BCUT2D eigenvalue weighted by Gasteiger charge is -2.25. The van der Waals surface area contributed by atoms with Crippen molar-refractivity contribution in [2.45, 2.75) is 347 Å². The predicted molar refractivity (Wildman–Crippen MR) is 364 cm³/mol. The number of esters is 2. The smallest absolute Gasteiger partial charge is 0.361 e. The molecule has 0 saturated carbocycles. The number of carboxylic acid groups (broad SMARTS) is 1. The number of carbonyl (C=O) groups excluding carboxylic acids is 2. The number of likely N-dealkylation sites (N-methyl/N-ethyl adjacent to an activating group) is 1. The number of hydrogen-bond donors (Lipinski definition) is 1. The fraction of sp³-hybridized carbons (Fsp3) is 0.803. The lowest BCUT2D eigenvalue weighted by atomic mass is 10.0. The van der Waals surface area contributed by atoms with Gasteiger partial charge in [-0.05, 0) is 83.5 Å². The fourth-order valence-electron chi connectivity index (χ4n) is 10.5. The summed E-state index contributed by atoms with van der Waals surface area (Å²) in [6, 6.07) is 0. The van der Waals surface area contributed by atoms with Crippen molar-refractivity contribution in [3.63, 3.8) is 0 Å². The Balaban J connectivity index is 4.07. The zero-order chi connectivity index (χ0) is 61.9. The van der Waals surface area contributed by atoms with Crippen LogP contribution in [-0.4, -0.2) is 87.4 Å². The number of rotatable bonds is 67. The summed E-state index contributed by atoms with van der Waals surface area (Å²) in [6.07, 6.45) is 85.9. The van der Waals surface area contributed by atoms with E-state index in [1.807, 2.05) is 21.1 Å². The summed E-state index contributed by atoms with van der Waals surface area (Å²) in [5.41, 5.74) is 0. The second-order valence-corrected chi connectivity index (χ2v) is 25.5. The molecule has 0 saturated heterocycles. The number of nitrogens with zero attached hydrogens (tertiary/aromatic N) is 1. The molecular weight excluding hydrogens is 1050 g/mol. The van der Waals surface area contributed by atoms with Crippen molar-refractivity contribution >= 4 is 17.9 Å². The molecule has 0 rings (SSSR count). The van der Waals surface area contributed by atoms with Gasteiger partial charge in [0.1, 0.15) is 13.2 Å². The van der Waals surface area contributed by atoms with Crippen molar-refractivity contribution in [1.29, 1.82) is 0 Å². The van der Waals surface area contributed by atoms with Gasteiger partial charge in [-0.2, -0.15) is 0 Å². The first kappa shape index (κ1) is 81.7. The van der Waals surface area contributed by atoms with Gasteiger partial charge in [-0.3, -0.25) is 9.59 Å². The van der Waals surface area contributed by atoms with Crippen molar-refractivity contribution in [3.8, 4) is 0 Å². The van der Waals surface area contributed by atoms with Crippen LogP contribution in [0.5, 0.6) is 0 Å². The van der Waals surface area contributed by atoms with Crippen molar-refractivity contribution < 1.29 is 42.9 Å². The van der Waals surface area contributed by atoms with Crippen LogP contribution in [0.1, 0.15) is 335 Å². The molecule has 0 radical (unpaired) electrons. The van der Waals surface area contributed by atoms with Gasteiger partial charge in [0.15, 0.2) is 6.10 Å². The van der Waals surface area contributed by atoms with Crippen LogP contribution in [0.3, 0.4) is 0 Å². The largest absolute Gasteiger partial charge is 0.477 e. The van der Waals surface area contributed by atoms with E-state index < -0.39 is 24.3 Å². The Morgan fingerprint density at radius 2 is 0.671 bits per heavy atom. The van der Waals surface area contributed by atoms with E-state index in [0.29, 0.717) is 17.4 Å². The summed E-state index contributed by atoms with van der Waals surface area (Å²) in [6.45, 7) is 4.81. The Labute approximate surface area is 526 Å². The topological polar surface area (TPSA) is 108 Å². The van der Waals surface area contributed by atoms with Crippen molar-refractivity contribution in [2.75, 3.05) is 47.5 Å². The third kappa shape index (κ3) is 68.1. The summed E-state index contributed by atoms with van der Waals surface area (Å²) in [4.78, 5) is 37.7. The first-order chi connectivity index (χ1) is 41.6. The number of quaternary nitrogens is 1. The van der Waals surface area contributed by atoms with Crippen LogP contribution < -0.4 is 0 Å². The molecule has 1 N–H and O–H groups in total. The molecule has 0 aromatic rings. The average molecular weight is 1190 g/mol. The second kappa shape index (κ2) is 66.7. The normalized spacial score (nSPS) is 13.1. The molecule has 9 heteroatoms. The van der Waals surface area contributed by atoms with E-state index in [4.69, 9.17) is 18.9 Å². The maximum Gasteiger partial charge on any atom is 0.361 e. The minimum atomic E-state index is -1.51. The molecule has 0 aromatic carbocycles. The maximum atomic E-state index is 13.0. The molecule has 0 aliphatic heterocycles. The molecule has 9 nitrogen and oxygen atoms in total. The highest BCUT2D eigenvalue weighted by Crippen LogP contribution is 2.18. The van der Waals surface area contributed by atoms with Crippen LogP contribution in [0.2, 0.25) is 0 Å². The van der Waals surface area contributed by atoms with E-state index in [1.165, 1.54) is 238 Å². The van der Waals surface area contributed by atoms with Crippen LogP contribution in [0.15, 0.2) is 72.9 Å². The van der Waals surface area contributed by atoms with E-state index >= 15 is 0 Å². The number of unbranched alkanes of at least 4 members (excludes halogenated alkanes) is 40. The fourth-order valence-corrected chi connectivity index (χ4v) is 10.5. The Bertz CT molecular complexity index is 1620. The summed E-state index contributed by atoms with van der Waals surface area (Å²) in [5.74, 6) is -1.99. The van der Waals surface area contributed by atoms with Crippen LogP contribution in [0.25, 0.3) is 0 Å². The van der Waals surface area contributed by atoms with Gasteiger partial charge < -0.3 is 28.5 Å². The molecule has 0 amide bonds. The van der Waals surface area contributed by atoms with Crippen molar-refractivity contribution in [2.24, 2.45) is 0 Å². The van der Waals surface area contributed by atoms with Crippen LogP contribution in [-0.2, 0) is 33.3 Å². The van der Waals surface area contributed by atoms with Gasteiger partial charge in [0, 0.05) is 12.8 Å². The number of carboxylic acids is 1. The Hall–Kier alpha value is -3.27. The second-order valence-electron chi connectivity index (χ2n) is 25.5. The number of aliphatic carboxylic acids is 1. The highest BCUT2D eigenvalue weighted by Gasteiger charge is 2.25. The number of ether oxygens (including phenoxy) is 4. The van der Waals surface area contributed by atoms with E-state index in [0.717, 1.165) is 70.6 Å². The molecule has 0 fully saturated rings. The molecule has 2 unspecified atom stereocenters. The van der Waals surface area contributed by atoms with Gasteiger partial charge in [0.25, 0.3) is 6.29 Å². The van der Waals surface area contributed by atoms with Crippen LogP contribution in [0, 0.1) is 0 Å². The first-order valence-corrected chi connectivity index (χ1v) is 36.1. The standard InChI is InChI=1S/C76H137NO8/c1-6-8-10-12-14-16-18-20-22-24-26-28-30-32-34-36-37-39-40-42-44-46-48-50-52-54-56-58-60-62-64-66-73(78)83-70-72(71-84-76(75(80)81)82-69-68-77(3,4)5)85-74(79)67-65-63-61-59-57-55-53-51-49-47-45-43-41-38-35-33-31-29-27-25-23-21-19-17-15-13-11-9-7-2/h9,11,15,17,21,23-24,26-27,29,33,35,72,76H,6-8,10,12-14,16,18-20,22,25,28,30-32,34,36-71H2,1-5H3/p+1/b11-9-,17-15-,23-21-,26-24-,29-27-,35-33-. The molecule has 0 aliphatic rings. The van der Waals surface area contributed by atoms with Gasteiger partial charge >= 0.3 is 17.9 Å². The van der Waals surface area contributed by atoms with Crippen LogP contribution >= 0.6 is 0 Å². The molecule has 0 bridgehead atoms. The van der Waals surface area contributed by atoms with Gasteiger partial charge in [-0.1, -0.05) is 311 Å². The molecular formula is C76H138NO8+. The van der Waals surface area contributed by atoms with Crippen LogP contribution in [0.4, 0.5) is 0 Å². The lowest BCUT2D eigenvalue weighted by molar-refractivity contribution is -0.870. The minimum Gasteiger partial charge on any atom is -0.477 e. The Kier molecular flexibility index (Phi) is 64.1. The first-order valence-electron chi connectivity index (χ1n) is 36.1. The van der Waals surface area contributed by atoms with Gasteiger partial charge in [0.2, 0.25) is 0 Å². The quantitative estimate of drug-likeness (QED) is 0.0211. The van der Waals surface area contributed by atoms with Crippen molar-refractivity contribution in [1.82, 2.24) is 0 Å². The van der Waals surface area contributed by atoms with Gasteiger partial charge in [0.05, 0.1) is 34.4 Å². The zero-order valence-corrected chi connectivity index (χ0v) is 56.5. The number of hydrogen-bond acceptors (Lipinski definition) is 7. The SMILES string of the molecule is CC/C=C\C/C=C\C/C=C\C/C=C\C/C=C\CCCCCCCCCCCCCCCC(=O)OC(COC(=O)CCCCCCCCCCCCCCCCCCCCC/C=C\CCCCCCCCCC)COC(OCC[N+](C)(C)C)C(=O)O. The zero-order valence-electron chi connectivity index (χ0n) is 56.5. The van der Waals surface area contributed by atoms with Crippen molar-refractivity contribution in [3.05, 3.63) is 72.9 Å². The lowest BCUT2D eigenvalue weighted by Crippen LogP contribution is -2.40. The summed E-state index contributed by atoms with van der Waals surface area (Å²) in [7, 11) is 5.98. The molecule has 494 valence electrons. The van der Waals surface area contributed by atoms with E-state index in [2.05, 4.69) is 86.8 Å². The molecule has 2 atom stereocenters.